The van der Waals surface area contributed by atoms with Gasteiger partial charge in [0.25, 0.3) is 0 Å². The second kappa shape index (κ2) is 3.50. The van der Waals surface area contributed by atoms with E-state index in [1.54, 1.807) is 0 Å². The molecule has 0 aliphatic carbocycles. The van der Waals surface area contributed by atoms with Crippen LogP contribution in [0.5, 0.6) is 0 Å². The van der Waals surface area contributed by atoms with E-state index in [2.05, 4.69) is 0 Å². The van der Waals surface area contributed by atoms with Crippen molar-refractivity contribution in [2.24, 2.45) is 0 Å². The third kappa shape index (κ3) is 1.72. The molecule has 1 N–H and O–H groups in total. The summed E-state index contributed by atoms with van der Waals surface area (Å²) in [6, 6.07) is 1.10. The van der Waals surface area contributed by atoms with Crippen molar-refractivity contribution in [2.45, 2.75) is 12.0 Å². The molecule has 0 amide bonds. The van der Waals surface area contributed by atoms with Gasteiger partial charge in [0.05, 0.1) is 12.2 Å². The molecule has 5 heteroatoms. The predicted octanol–water partition coefficient (Wildman–Crippen LogP) is 1.71. The minimum atomic E-state index is -1.68. The van der Waals surface area contributed by atoms with E-state index >= 15 is 0 Å². The normalized spacial score (nSPS) is 25.9. The molecule has 1 aliphatic rings. The third-order valence-electron chi connectivity index (χ3n) is 2.47. The first kappa shape index (κ1) is 10.4. The number of hydrogen-bond donors (Lipinski definition) is 1. The van der Waals surface area contributed by atoms with E-state index in [0.717, 1.165) is 0 Å². The van der Waals surface area contributed by atoms with Crippen molar-refractivity contribution in [3.63, 3.8) is 0 Å². The van der Waals surface area contributed by atoms with E-state index in [-0.39, 0.29) is 19.6 Å². The highest BCUT2D eigenvalue weighted by Gasteiger charge is 2.39. The van der Waals surface area contributed by atoms with E-state index in [9.17, 15) is 18.3 Å². The van der Waals surface area contributed by atoms with Crippen LogP contribution in [0.25, 0.3) is 0 Å². The van der Waals surface area contributed by atoms with E-state index < -0.39 is 28.6 Å². The Morgan fingerprint density at radius 3 is 2.27 bits per heavy atom. The van der Waals surface area contributed by atoms with Crippen molar-refractivity contribution in [3.05, 3.63) is 35.1 Å². The highest BCUT2D eigenvalue weighted by Crippen LogP contribution is 2.34. The molecule has 0 aromatic heterocycles. The SMILES string of the molecule is OC1(c2c(F)cc(F)cc2F)CCOC1. The van der Waals surface area contributed by atoms with E-state index in [0.29, 0.717) is 12.1 Å². The summed E-state index contributed by atoms with van der Waals surface area (Å²) in [5.41, 5.74) is -2.19. The lowest BCUT2D eigenvalue weighted by Crippen LogP contribution is -2.28. The molecule has 0 radical (unpaired) electrons. The molecular formula is C10H9F3O2. The second-order valence-electron chi connectivity index (χ2n) is 3.58. The molecule has 0 spiro atoms. The molecule has 1 aromatic carbocycles. The standard InChI is InChI=1S/C10H9F3O2/c11-6-3-7(12)9(8(13)4-6)10(14)1-2-15-5-10/h3-4,14H,1-2,5H2. The lowest BCUT2D eigenvalue weighted by molar-refractivity contribution is 0.0168. The van der Waals surface area contributed by atoms with Crippen LogP contribution in [0.1, 0.15) is 12.0 Å². The van der Waals surface area contributed by atoms with Crippen LogP contribution < -0.4 is 0 Å². The van der Waals surface area contributed by atoms with Crippen LogP contribution in [-0.4, -0.2) is 18.3 Å². The van der Waals surface area contributed by atoms with Crippen molar-refractivity contribution in [2.75, 3.05) is 13.2 Å². The fourth-order valence-corrected chi connectivity index (χ4v) is 1.74. The average molecular weight is 218 g/mol. The number of ether oxygens (including phenoxy) is 1. The highest BCUT2D eigenvalue weighted by atomic mass is 19.1. The average Bonchev–Trinajstić information content (AvgIpc) is 2.50. The minimum Gasteiger partial charge on any atom is -0.382 e. The molecule has 15 heavy (non-hydrogen) atoms. The Labute approximate surface area is 84.3 Å². The number of hydrogen-bond acceptors (Lipinski definition) is 2. The first-order valence-corrected chi connectivity index (χ1v) is 4.48. The summed E-state index contributed by atoms with van der Waals surface area (Å²) in [7, 11) is 0. The smallest absolute Gasteiger partial charge is 0.135 e. The van der Waals surface area contributed by atoms with E-state index in [1.807, 2.05) is 0 Å². The van der Waals surface area contributed by atoms with Crippen molar-refractivity contribution >= 4 is 0 Å². The predicted molar refractivity (Wildman–Crippen MR) is 45.6 cm³/mol. The molecule has 1 heterocycles. The number of rotatable bonds is 1. The van der Waals surface area contributed by atoms with Gasteiger partial charge in [-0.2, -0.15) is 0 Å². The summed E-state index contributed by atoms with van der Waals surface area (Å²) in [4.78, 5) is 0. The van der Waals surface area contributed by atoms with Crippen molar-refractivity contribution in [1.29, 1.82) is 0 Å². The van der Waals surface area contributed by atoms with Gasteiger partial charge in [0, 0.05) is 25.2 Å². The highest BCUT2D eigenvalue weighted by molar-refractivity contribution is 5.27. The van der Waals surface area contributed by atoms with Gasteiger partial charge in [0.2, 0.25) is 0 Å². The van der Waals surface area contributed by atoms with Crippen LogP contribution in [-0.2, 0) is 10.3 Å². The maximum Gasteiger partial charge on any atom is 0.135 e. The summed E-state index contributed by atoms with van der Waals surface area (Å²) >= 11 is 0. The van der Waals surface area contributed by atoms with Gasteiger partial charge in [-0.05, 0) is 0 Å². The van der Waals surface area contributed by atoms with Gasteiger partial charge >= 0.3 is 0 Å². The molecule has 1 unspecified atom stereocenters. The van der Waals surface area contributed by atoms with Crippen LogP contribution in [0.15, 0.2) is 12.1 Å². The van der Waals surface area contributed by atoms with E-state index in [1.165, 1.54) is 0 Å². The molecule has 1 aliphatic heterocycles. The summed E-state index contributed by atoms with van der Waals surface area (Å²) in [6.45, 7) is 0.0548. The van der Waals surface area contributed by atoms with Gasteiger partial charge in [-0.25, -0.2) is 13.2 Å². The maximum atomic E-state index is 13.3. The molecule has 1 saturated heterocycles. The summed E-state index contributed by atoms with van der Waals surface area (Å²) < 4.78 is 44.1. The molecular weight excluding hydrogens is 209 g/mol. The van der Waals surface area contributed by atoms with Gasteiger partial charge < -0.3 is 9.84 Å². The molecule has 1 aromatic rings. The van der Waals surface area contributed by atoms with Gasteiger partial charge in [-0.3, -0.25) is 0 Å². The van der Waals surface area contributed by atoms with Crippen molar-refractivity contribution in [1.82, 2.24) is 0 Å². The first-order chi connectivity index (χ1) is 7.03. The monoisotopic (exact) mass is 218 g/mol. The lowest BCUT2D eigenvalue weighted by atomic mass is 9.92. The second-order valence-corrected chi connectivity index (χ2v) is 3.58. The van der Waals surface area contributed by atoms with Gasteiger partial charge in [-0.15, -0.1) is 0 Å². The molecule has 2 nitrogen and oxygen atoms in total. The van der Waals surface area contributed by atoms with Gasteiger partial charge in [-0.1, -0.05) is 0 Å². The zero-order valence-electron chi connectivity index (χ0n) is 7.77. The quantitative estimate of drug-likeness (QED) is 0.777. The maximum absolute atomic E-state index is 13.3. The molecule has 0 saturated carbocycles. The lowest BCUT2D eigenvalue weighted by Gasteiger charge is -2.21. The third-order valence-corrected chi connectivity index (χ3v) is 2.47. The fourth-order valence-electron chi connectivity index (χ4n) is 1.74. The zero-order chi connectivity index (χ0) is 11.1. The Hall–Kier alpha value is -1.07. The largest absolute Gasteiger partial charge is 0.382 e. The summed E-state index contributed by atoms with van der Waals surface area (Å²) in [5.74, 6) is -3.17. The van der Waals surface area contributed by atoms with Crippen molar-refractivity contribution in [3.8, 4) is 0 Å². The number of aliphatic hydroxyl groups is 1. The minimum absolute atomic E-state index is 0.104. The zero-order valence-corrected chi connectivity index (χ0v) is 7.77. The van der Waals surface area contributed by atoms with Crippen LogP contribution >= 0.6 is 0 Å². The molecule has 0 bridgehead atoms. The molecule has 1 fully saturated rings. The first-order valence-electron chi connectivity index (χ1n) is 4.48. The van der Waals surface area contributed by atoms with Gasteiger partial charge in [0.15, 0.2) is 0 Å². The Morgan fingerprint density at radius 2 is 1.80 bits per heavy atom. The van der Waals surface area contributed by atoms with Crippen molar-refractivity contribution < 1.29 is 23.0 Å². The van der Waals surface area contributed by atoms with Crippen LogP contribution in [0.4, 0.5) is 13.2 Å². The van der Waals surface area contributed by atoms with Gasteiger partial charge in [0.1, 0.15) is 23.1 Å². The number of halogens is 3. The number of benzene rings is 1. The fraction of sp³-hybridized carbons (Fsp3) is 0.400. The summed E-state index contributed by atoms with van der Waals surface area (Å²) in [6.07, 6.45) is 0.104. The van der Waals surface area contributed by atoms with Crippen LogP contribution in [0.2, 0.25) is 0 Å². The van der Waals surface area contributed by atoms with E-state index in [4.69, 9.17) is 4.74 Å². The Bertz CT molecular complexity index is 363. The molecule has 2 rings (SSSR count). The van der Waals surface area contributed by atoms with Crippen LogP contribution in [0.3, 0.4) is 0 Å². The van der Waals surface area contributed by atoms with Crippen LogP contribution in [0, 0.1) is 17.5 Å². The summed E-state index contributed by atoms with van der Waals surface area (Å²) in [5, 5.41) is 9.89. The Kier molecular flexibility index (Phi) is 2.44. The Balaban J connectivity index is 2.52. The molecule has 1 atom stereocenters. The molecule has 82 valence electrons. The Morgan fingerprint density at radius 1 is 1.20 bits per heavy atom. The topological polar surface area (TPSA) is 29.5 Å².